The van der Waals surface area contributed by atoms with Gasteiger partial charge in [-0.25, -0.2) is 14.4 Å². The van der Waals surface area contributed by atoms with Gasteiger partial charge in [0.2, 0.25) is 0 Å². The minimum Gasteiger partial charge on any atom is -0.512 e. The maximum atomic E-state index is 13.7. The van der Waals surface area contributed by atoms with Crippen molar-refractivity contribution in [2.45, 2.75) is 51.8 Å². The van der Waals surface area contributed by atoms with E-state index in [0.717, 1.165) is 11.1 Å². The molecule has 9 nitrogen and oxygen atoms in total. The molecule has 5 rings (SSSR count). The highest BCUT2D eigenvalue weighted by Crippen LogP contribution is 2.48. The van der Waals surface area contributed by atoms with E-state index in [1.165, 1.54) is 9.80 Å². The quantitative estimate of drug-likeness (QED) is 0.300. The molecule has 0 aliphatic carbocycles. The Morgan fingerprint density at radius 1 is 0.825 bits per heavy atom. The number of carbonyl (C=O) groups is 3. The highest BCUT2D eigenvalue weighted by Gasteiger charge is 2.53. The van der Waals surface area contributed by atoms with Crippen molar-refractivity contribution in [1.82, 2.24) is 4.90 Å². The first-order chi connectivity index (χ1) is 19.3. The van der Waals surface area contributed by atoms with Gasteiger partial charge in [-0.3, -0.25) is 9.80 Å². The SMILES string of the molecule is CC(C)OC(=O)C1=C(O)CC2c3ccccc3N(C(=O)OCc3ccccc3)C1N2C(=O)OCc1ccccc1. The van der Waals surface area contributed by atoms with Crippen molar-refractivity contribution in [3.05, 3.63) is 113 Å². The van der Waals surface area contributed by atoms with Gasteiger partial charge in [0.25, 0.3) is 0 Å². The average molecular weight is 543 g/mol. The van der Waals surface area contributed by atoms with Gasteiger partial charge >= 0.3 is 18.2 Å². The third kappa shape index (κ3) is 5.36. The van der Waals surface area contributed by atoms with Crippen LogP contribution in [0.3, 0.4) is 0 Å². The maximum absolute atomic E-state index is 13.7. The summed E-state index contributed by atoms with van der Waals surface area (Å²) in [7, 11) is 0. The Morgan fingerprint density at radius 2 is 1.38 bits per heavy atom. The van der Waals surface area contributed by atoms with E-state index in [1.807, 2.05) is 60.7 Å². The van der Waals surface area contributed by atoms with Crippen LogP contribution >= 0.6 is 0 Å². The number of hydrogen-bond donors (Lipinski definition) is 1. The van der Waals surface area contributed by atoms with E-state index in [-0.39, 0.29) is 31.0 Å². The van der Waals surface area contributed by atoms with E-state index in [4.69, 9.17) is 14.2 Å². The van der Waals surface area contributed by atoms with Gasteiger partial charge < -0.3 is 19.3 Å². The van der Waals surface area contributed by atoms with Gasteiger partial charge in [-0.1, -0.05) is 78.9 Å². The molecule has 206 valence electrons. The van der Waals surface area contributed by atoms with Gasteiger partial charge in [-0.2, -0.15) is 0 Å². The number of para-hydroxylation sites is 1. The number of hydrogen-bond acceptors (Lipinski definition) is 7. The third-order valence-corrected chi connectivity index (χ3v) is 6.74. The zero-order chi connectivity index (χ0) is 28.2. The summed E-state index contributed by atoms with van der Waals surface area (Å²) in [6.45, 7) is 3.30. The Balaban J connectivity index is 1.56. The van der Waals surface area contributed by atoms with Gasteiger partial charge in [-0.05, 0) is 36.6 Å². The molecule has 0 radical (unpaired) electrons. The molecular formula is C31H30N2O7. The summed E-state index contributed by atoms with van der Waals surface area (Å²) in [4.78, 5) is 43.3. The first-order valence-electron chi connectivity index (χ1n) is 13.1. The third-order valence-electron chi connectivity index (χ3n) is 6.74. The first kappa shape index (κ1) is 26.8. The molecule has 3 aromatic rings. The number of aliphatic hydroxyl groups is 1. The van der Waals surface area contributed by atoms with Crippen LogP contribution in [0, 0.1) is 0 Å². The van der Waals surface area contributed by atoms with E-state index < -0.39 is 36.5 Å². The Morgan fingerprint density at radius 3 is 1.98 bits per heavy atom. The molecule has 2 aliphatic rings. The molecule has 0 aromatic heterocycles. The number of nitrogens with zero attached hydrogens (tertiary/aromatic N) is 2. The number of carbonyl (C=O) groups excluding carboxylic acids is 3. The first-order valence-corrected chi connectivity index (χ1v) is 13.1. The highest BCUT2D eigenvalue weighted by molar-refractivity contribution is 5.99. The summed E-state index contributed by atoms with van der Waals surface area (Å²) in [6.07, 6.45) is -3.46. The molecule has 0 fully saturated rings. The fourth-order valence-electron chi connectivity index (χ4n) is 4.99. The highest BCUT2D eigenvalue weighted by atomic mass is 16.6. The number of rotatable bonds is 6. The second-order valence-corrected chi connectivity index (χ2v) is 9.82. The number of esters is 1. The molecule has 1 N–H and O–H groups in total. The lowest BCUT2D eigenvalue weighted by Gasteiger charge is -2.50. The average Bonchev–Trinajstić information content (AvgIpc) is 2.95. The predicted molar refractivity (Wildman–Crippen MR) is 146 cm³/mol. The van der Waals surface area contributed by atoms with Crippen molar-refractivity contribution in [2.75, 3.05) is 4.90 Å². The fraction of sp³-hybridized carbons (Fsp3) is 0.258. The number of anilines is 1. The largest absolute Gasteiger partial charge is 0.512 e. The van der Waals surface area contributed by atoms with E-state index in [9.17, 15) is 19.5 Å². The van der Waals surface area contributed by atoms with Crippen molar-refractivity contribution < 1.29 is 33.7 Å². The lowest BCUT2D eigenvalue weighted by atomic mass is 9.87. The summed E-state index contributed by atoms with van der Waals surface area (Å²) in [5, 5.41) is 11.1. The molecule has 2 aliphatic heterocycles. The van der Waals surface area contributed by atoms with Crippen LogP contribution < -0.4 is 4.90 Å². The number of benzene rings is 3. The zero-order valence-corrected chi connectivity index (χ0v) is 22.2. The smallest absolute Gasteiger partial charge is 0.416 e. The number of fused-ring (bicyclic) bond motifs is 4. The molecule has 40 heavy (non-hydrogen) atoms. The minimum atomic E-state index is -1.36. The Bertz CT molecular complexity index is 1420. The van der Waals surface area contributed by atoms with Crippen LogP contribution in [0.15, 0.2) is 96.3 Å². The van der Waals surface area contributed by atoms with Gasteiger partial charge in [0.15, 0.2) is 6.17 Å². The number of ether oxygens (including phenoxy) is 3. The summed E-state index contributed by atoms with van der Waals surface area (Å²) >= 11 is 0. The van der Waals surface area contributed by atoms with Crippen molar-refractivity contribution in [3.8, 4) is 0 Å². The predicted octanol–water partition coefficient (Wildman–Crippen LogP) is 6.02. The molecule has 2 heterocycles. The summed E-state index contributed by atoms with van der Waals surface area (Å²) < 4.78 is 16.8. The summed E-state index contributed by atoms with van der Waals surface area (Å²) in [5.74, 6) is -1.10. The second kappa shape index (κ2) is 11.5. The van der Waals surface area contributed by atoms with Crippen LogP contribution in [0.4, 0.5) is 15.3 Å². The monoisotopic (exact) mass is 542 g/mol. The van der Waals surface area contributed by atoms with Crippen molar-refractivity contribution in [3.63, 3.8) is 0 Å². The van der Waals surface area contributed by atoms with E-state index in [1.54, 1.807) is 38.1 Å². The summed E-state index contributed by atoms with van der Waals surface area (Å²) in [5.41, 5.74) is 2.39. The Labute approximate surface area is 232 Å². The lowest BCUT2D eigenvalue weighted by Crippen LogP contribution is -2.62. The van der Waals surface area contributed by atoms with Crippen LogP contribution in [-0.2, 0) is 32.2 Å². The van der Waals surface area contributed by atoms with Gasteiger partial charge in [0.05, 0.1) is 17.8 Å². The van der Waals surface area contributed by atoms with Crippen LogP contribution in [0.2, 0.25) is 0 Å². The lowest BCUT2D eigenvalue weighted by molar-refractivity contribution is -0.144. The normalized spacial score (nSPS) is 17.8. The molecule has 0 saturated heterocycles. The van der Waals surface area contributed by atoms with Crippen LogP contribution in [0.1, 0.15) is 43.0 Å². The van der Waals surface area contributed by atoms with Crippen molar-refractivity contribution in [2.24, 2.45) is 0 Å². The standard InChI is InChI=1S/C31H30N2O7/c1-20(2)40-29(35)27-26(34)17-25-23-15-9-10-16-24(23)32(30(36)38-18-21-11-5-3-6-12-21)28(27)33(25)31(37)39-19-22-13-7-4-8-14-22/h3-16,20,25,28,34H,17-19H2,1-2H3. The molecule has 2 amide bonds. The Hall–Kier alpha value is -4.79. The van der Waals surface area contributed by atoms with Crippen molar-refractivity contribution >= 4 is 23.8 Å². The van der Waals surface area contributed by atoms with E-state index in [2.05, 4.69) is 0 Å². The maximum Gasteiger partial charge on any atom is 0.416 e. The van der Waals surface area contributed by atoms with Crippen LogP contribution in [0.5, 0.6) is 0 Å². The minimum absolute atomic E-state index is 0.0167. The number of amides is 2. The number of aliphatic hydroxyl groups excluding tert-OH is 1. The van der Waals surface area contributed by atoms with E-state index >= 15 is 0 Å². The van der Waals surface area contributed by atoms with Crippen LogP contribution in [0.25, 0.3) is 0 Å². The fourth-order valence-corrected chi connectivity index (χ4v) is 4.99. The van der Waals surface area contributed by atoms with Gasteiger partial charge in [-0.15, -0.1) is 0 Å². The van der Waals surface area contributed by atoms with Gasteiger partial charge in [0, 0.05) is 6.42 Å². The van der Waals surface area contributed by atoms with Gasteiger partial charge in [0.1, 0.15) is 24.5 Å². The molecule has 0 saturated carbocycles. The molecule has 2 atom stereocenters. The molecule has 2 unspecified atom stereocenters. The zero-order valence-electron chi connectivity index (χ0n) is 22.2. The molecule has 2 bridgehead atoms. The molecule has 9 heteroatoms. The summed E-state index contributed by atoms with van der Waals surface area (Å²) in [6, 6.07) is 24.7. The molecule has 3 aromatic carbocycles. The Kier molecular flexibility index (Phi) is 7.72. The molecular weight excluding hydrogens is 512 g/mol. The topological polar surface area (TPSA) is 106 Å². The van der Waals surface area contributed by atoms with Crippen LogP contribution in [-0.4, -0.2) is 40.4 Å². The van der Waals surface area contributed by atoms with E-state index in [0.29, 0.717) is 11.3 Å². The second-order valence-electron chi connectivity index (χ2n) is 9.82. The molecule has 0 spiro atoms. The van der Waals surface area contributed by atoms with Crippen molar-refractivity contribution in [1.29, 1.82) is 0 Å².